The fourth-order valence-corrected chi connectivity index (χ4v) is 1.89. The number of carbonyl (C=O) groups excluding carboxylic acids is 1. The lowest BCUT2D eigenvalue weighted by atomic mass is 10.1. The van der Waals surface area contributed by atoms with Crippen LogP contribution in [0.15, 0.2) is 0 Å². The van der Waals surface area contributed by atoms with E-state index in [1.807, 2.05) is 4.90 Å². The van der Waals surface area contributed by atoms with Crippen LogP contribution in [0.1, 0.15) is 19.8 Å². The molecule has 1 aliphatic rings. The van der Waals surface area contributed by atoms with Crippen molar-refractivity contribution in [2.24, 2.45) is 5.73 Å². The fourth-order valence-electron chi connectivity index (χ4n) is 1.89. The summed E-state index contributed by atoms with van der Waals surface area (Å²) in [4.78, 5) is 15.9. The first-order valence-electron chi connectivity index (χ1n) is 5.37. The van der Waals surface area contributed by atoms with Gasteiger partial charge in [-0.2, -0.15) is 0 Å². The van der Waals surface area contributed by atoms with Crippen molar-refractivity contribution in [1.82, 2.24) is 9.80 Å². The van der Waals surface area contributed by atoms with Crippen LogP contribution in [0.2, 0.25) is 0 Å². The average molecular weight is 199 g/mol. The maximum Gasteiger partial charge on any atom is 0.223 e. The Balaban J connectivity index is 2.45. The molecule has 14 heavy (non-hydrogen) atoms. The van der Waals surface area contributed by atoms with Crippen molar-refractivity contribution in [3.63, 3.8) is 0 Å². The van der Waals surface area contributed by atoms with Gasteiger partial charge in [0.25, 0.3) is 0 Å². The minimum Gasteiger partial charge on any atom is -0.340 e. The monoisotopic (exact) mass is 199 g/mol. The summed E-state index contributed by atoms with van der Waals surface area (Å²) in [6.07, 6.45) is 1.59. The molecule has 82 valence electrons. The van der Waals surface area contributed by atoms with Crippen molar-refractivity contribution in [2.75, 3.05) is 33.2 Å². The number of hydrogen-bond donors (Lipinski definition) is 1. The molecule has 1 atom stereocenters. The zero-order valence-electron chi connectivity index (χ0n) is 9.20. The molecular weight excluding hydrogens is 178 g/mol. The number of nitrogens with zero attached hydrogens (tertiary/aromatic N) is 2. The van der Waals surface area contributed by atoms with Crippen molar-refractivity contribution in [3.05, 3.63) is 0 Å². The first-order valence-corrected chi connectivity index (χ1v) is 5.37. The molecule has 1 amide bonds. The quantitative estimate of drug-likeness (QED) is 0.690. The number of piperazine rings is 1. The summed E-state index contributed by atoms with van der Waals surface area (Å²) in [5.74, 6) is 0.207. The lowest BCUT2D eigenvalue weighted by molar-refractivity contribution is -0.133. The van der Waals surface area contributed by atoms with Gasteiger partial charge >= 0.3 is 0 Å². The van der Waals surface area contributed by atoms with Gasteiger partial charge in [0, 0.05) is 38.6 Å². The Bertz CT molecular complexity index is 196. The van der Waals surface area contributed by atoms with Crippen molar-refractivity contribution in [3.8, 4) is 0 Å². The Morgan fingerprint density at radius 1 is 1.50 bits per heavy atom. The predicted molar refractivity (Wildman–Crippen MR) is 57.0 cm³/mol. The highest BCUT2D eigenvalue weighted by Gasteiger charge is 2.25. The van der Waals surface area contributed by atoms with Crippen molar-refractivity contribution < 1.29 is 4.79 Å². The zero-order chi connectivity index (χ0) is 10.6. The maximum absolute atomic E-state index is 11.6. The van der Waals surface area contributed by atoms with E-state index in [4.69, 9.17) is 5.73 Å². The molecule has 1 unspecified atom stereocenters. The van der Waals surface area contributed by atoms with Crippen LogP contribution < -0.4 is 5.73 Å². The molecule has 1 rings (SSSR count). The third kappa shape index (κ3) is 2.69. The molecule has 0 aromatic rings. The summed E-state index contributed by atoms with van der Waals surface area (Å²) < 4.78 is 0. The van der Waals surface area contributed by atoms with Crippen LogP contribution in [0.25, 0.3) is 0 Å². The largest absolute Gasteiger partial charge is 0.340 e. The Labute approximate surface area is 86.0 Å². The van der Waals surface area contributed by atoms with Crippen molar-refractivity contribution in [1.29, 1.82) is 0 Å². The number of likely N-dealkylation sites (N-methyl/N-ethyl adjacent to an activating group) is 1. The molecular formula is C10H21N3O. The summed E-state index contributed by atoms with van der Waals surface area (Å²) in [5.41, 5.74) is 5.37. The summed E-state index contributed by atoms with van der Waals surface area (Å²) >= 11 is 0. The molecule has 4 nitrogen and oxygen atoms in total. The van der Waals surface area contributed by atoms with Crippen LogP contribution in [0.5, 0.6) is 0 Å². The minimum atomic E-state index is 0.207. The van der Waals surface area contributed by atoms with Gasteiger partial charge in [0.1, 0.15) is 0 Å². The van der Waals surface area contributed by atoms with E-state index in [0.717, 1.165) is 26.1 Å². The maximum atomic E-state index is 11.6. The Morgan fingerprint density at radius 2 is 2.21 bits per heavy atom. The van der Waals surface area contributed by atoms with Gasteiger partial charge in [0.15, 0.2) is 0 Å². The molecule has 1 heterocycles. The van der Waals surface area contributed by atoms with Gasteiger partial charge in [0.2, 0.25) is 5.91 Å². The topological polar surface area (TPSA) is 49.6 Å². The van der Waals surface area contributed by atoms with Gasteiger partial charge in [-0.1, -0.05) is 6.92 Å². The molecule has 0 saturated carbocycles. The van der Waals surface area contributed by atoms with Crippen LogP contribution in [0, 0.1) is 0 Å². The molecule has 1 saturated heterocycles. The number of hydrogen-bond acceptors (Lipinski definition) is 3. The lowest BCUT2D eigenvalue weighted by Gasteiger charge is -2.39. The van der Waals surface area contributed by atoms with E-state index in [1.54, 1.807) is 0 Å². The Morgan fingerprint density at radius 3 is 2.79 bits per heavy atom. The highest BCUT2D eigenvalue weighted by atomic mass is 16.2. The Hall–Kier alpha value is -0.610. The van der Waals surface area contributed by atoms with Gasteiger partial charge in [-0.25, -0.2) is 0 Å². The molecule has 4 heteroatoms. The van der Waals surface area contributed by atoms with Crippen LogP contribution in [-0.2, 0) is 4.79 Å². The Kier molecular flexibility index (Phi) is 4.35. The van der Waals surface area contributed by atoms with Gasteiger partial charge in [-0.3, -0.25) is 9.69 Å². The molecule has 0 aliphatic carbocycles. The molecule has 0 radical (unpaired) electrons. The number of rotatable bonds is 3. The van der Waals surface area contributed by atoms with Crippen LogP contribution in [0.3, 0.4) is 0 Å². The molecule has 1 aliphatic heterocycles. The lowest BCUT2D eigenvalue weighted by Crippen LogP contribution is -2.53. The van der Waals surface area contributed by atoms with Crippen molar-refractivity contribution >= 4 is 5.91 Å². The normalized spacial score (nSPS) is 23.9. The number of carbonyl (C=O) groups is 1. The van der Waals surface area contributed by atoms with E-state index in [0.29, 0.717) is 19.0 Å². The van der Waals surface area contributed by atoms with Crippen LogP contribution in [0.4, 0.5) is 0 Å². The van der Waals surface area contributed by atoms with E-state index in [9.17, 15) is 4.79 Å². The third-order valence-electron chi connectivity index (χ3n) is 2.96. The van der Waals surface area contributed by atoms with Crippen LogP contribution in [-0.4, -0.2) is 55.0 Å². The zero-order valence-corrected chi connectivity index (χ0v) is 9.20. The van der Waals surface area contributed by atoms with Gasteiger partial charge in [-0.15, -0.1) is 0 Å². The van der Waals surface area contributed by atoms with Gasteiger partial charge < -0.3 is 10.6 Å². The number of amides is 1. The average Bonchev–Trinajstić information content (AvgIpc) is 2.19. The molecule has 0 aromatic heterocycles. The summed E-state index contributed by atoms with van der Waals surface area (Å²) in [5, 5.41) is 0. The van der Waals surface area contributed by atoms with Gasteiger partial charge in [-0.05, 0) is 13.5 Å². The van der Waals surface area contributed by atoms with E-state index >= 15 is 0 Å². The molecule has 2 N–H and O–H groups in total. The molecule has 0 aromatic carbocycles. The highest BCUT2D eigenvalue weighted by molar-refractivity contribution is 5.76. The van der Waals surface area contributed by atoms with Crippen molar-refractivity contribution in [2.45, 2.75) is 25.8 Å². The standard InChI is InChI=1S/C10H21N3O/c1-3-9-8-13(7-6-12(9)2)10(14)4-5-11/h9H,3-8,11H2,1-2H3. The minimum absolute atomic E-state index is 0.207. The van der Waals surface area contributed by atoms with E-state index < -0.39 is 0 Å². The first kappa shape index (κ1) is 11.5. The first-order chi connectivity index (χ1) is 6.69. The smallest absolute Gasteiger partial charge is 0.223 e. The second-order valence-electron chi connectivity index (χ2n) is 3.92. The second-order valence-corrected chi connectivity index (χ2v) is 3.92. The van der Waals surface area contributed by atoms with E-state index in [1.165, 1.54) is 0 Å². The van der Waals surface area contributed by atoms with E-state index in [-0.39, 0.29) is 5.91 Å². The van der Waals surface area contributed by atoms with Crippen LogP contribution >= 0.6 is 0 Å². The van der Waals surface area contributed by atoms with E-state index in [2.05, 4.69) is 18.9 Å². The summed E-state index contributed by atoms with van der Waals surface area (Å²) in [6, 6.07) is 0.519. The summed E-state index contributed by atoms with van der Waals surface area (Å²) in [6.45, 7) is 5.33. The molecule has 0 bridgehead atoms. The predicted octanol–water partition coefficient (Wildman–Crippen LogP) is -0.112. The fraction of sp³-hybridized carbons (Fsp3) is 0.900. The SMILES string of the molecule is CCC1CN(C(=O)CCN)CCN1C. The second kappa shape index (κ2) is 5.32. The molecule has 0 spiro atoms. The number of nitrogens with two attached hydrogens (primary N) is 1. The molecule has 1 fully saturated rings. The third-order valence-corrected chi connectivity index (χ3v) is 2.96. The summed E-state index contributed by atoms with van der Waals surface area (Å²) in [7, 11) is 2.12. The highest BCUT2D eigenvalue weighted by Crippen LogP contribution is 2.11. The van der Waals surface area contributed by atoms with Gasteiger partial charge in [0.05, 0.1) is 0 Å².